The van der Waals surface area contributed by atoms with Gasteiger partial charge in [0.05, 0.1) is 5.41 Å². The van der Waals surface area contributed by atoms with Gasteiger partial charge in [0.15, 0.2) is 0 Å². The van der Waals surface area contributed by atoms with Gasteiger partial charge in [-0.25, -0.2) is 9.18 Å². The van der Waals surface area contributed by atoms with Crippen molar-refractivity contribution in [1.29, 1.82) is 0 Å². The second kappa shape index (κ2) is 5.43. The summed E-state index contributed by atoms with van der Waals surface area (Å²) in [5.41, 5.74) is -0.562. The van der Waals surface area contributed by atoms with Crippen LogP contribution in [-0.4, -0.2) is 35.1 Å². The number of fused-ring (bicyclic) bond motifs is 1. The van der Waals surface area contributed by atoms with Gasteiger partial charge in [0.2, 0.25) is 0 Å². The lowest BCUT2D eigenvalue weighted by Crippen LogP contribution is -2.38. The number of carboxylic acid groups (broad SMARTS) is 1. The number of nitrogens with zero attached hydrogens (tertiary/aromatic N) is 1. The zero-order chi connectivity index (χ0) is 15.9. The molecule has 22 heavy (non-hydrogen) atoms. The molecule has 0 radical (unpaired) electrons. The number of hydrogen-bond acceptors (Lipinski definition) is 2. The number of benzene rings is 1. The third-order valence-electron chi connectivity index (χ3n) is 4.70. The van der Waals surface area contributed by atoms with E-state index in [0.29, 0.717) is 13.0 Å². The first-order valence-corrected chi connectivity index (χ1v) is 7.54. The lowest BCUT2D eigenvalue weighted by atomic mass is 9.81. The zero-order valence-electron chi connectivity index (χ0n) is 11.8. The number of carboxylic acids is 1. The SMILES string of the molecule is O=C(Nc1cc(F)cc(Cl)c1)N1C[C@@H]2CCC[C@@]2(C(=O)O)C1. The summed E-state index contributed by atoms with van der Waals surface area (Å²) in [5.74, 6) is -1.38. The Bertz CT molecular complexity index is 619. The summed E-state index contributed by atoms with van der Waals surface area (Å²) in [7, 11) is 0. The first-order chi connectivity index (χ1) is 10.4. The van der Waals surface area contributed by atoms with Crippen molar-refractivity contribution in [2.75, 3.05) is 18.4 Å². The van der Waals surface area contributed by atoms with Crippen molar-refractivity contribution in [3.63, 3.8) is 0 Å². The summed E-state index contributed by atoms with van der Waals surface area (Å²) in [6.07, 6.45) is 2.30. The zero-order valence-corrected chi connectivity index (χ0v) is 12.6. The first kappa shape index (κ1) is 15.1. The summed E-state index contributed by atoms with van der Waals surface area (Å²) in [5, 5.41) is 12.3. The average Bonchev–Trinajstić information content (AvgIpc) is 2.94. The van der Waals surface area contributed by atoms with E-state index in [9.17, 15) is 19.1 Å². The van der Waals surface area contributed by atoms with Gasteiger partial charge < -0.3 is 15.3 Å². The molecule has 0 bridgehead atoms. The van der Waals surface area contributed by atoms with Crippen LogP contribution in [0.2, 0.25) is 5.02 Å². The lowest BCUT2D eigenvalue weighted by Gasteiger charge is -2.23. The number of urea groups is 1. The fourth-order valence-electron chi connectivity index (χ4n) is 3.62. The molecule has 2 atom stereocenters. The maximum absolute atomic E-state index is 13.3. The molecule has 1 heterocycles. The molecule has 2 fully saturated rings. The van der Waals surface area contributed by atoms with Crippen molar-refractivity contribution < 1.29 is 19.1 Å². The van der Waals surface area contributed by atoms with Crippen LogP contribution in [0.5, 0.6) is 0 Å². The Morgan fingerprint density at radius 1 is 1.41 bits per heavy atom. The lowest BCUT2D eigenvalue weighted by molar-refractivity contribution is -0.149. The van der Waals surface area contributed by atoms with Crippen molar-refractivity contribution >= 4 is 29.3 Å². The standard InChI is InChI=1S/C15H16ClFN2O3/c16-10-4-11(17)6-12(5-10)18-14(22)19-7-9-2-1-3-15(9,8-19)13(20)21/h4-6,9H,1-3,7-8H2,(H,18,22)(H,20,21)/t9-,15+/m0/s1. The molecule has 2 aliphatic rings. The van der Waals surface area contributed by atoms with Gasteiger partial charge in [-0.1, -0.05) is 18.0 Å². The van der Waals surface area contributed by atoms with Gasteiger partial charge in [0, 0.05) is 23.8 Å². The van der Waals surface area contributed by atoms with Crippen molar-refractivity contribution in [2.24, 2.45) is 11.3 Å². The van der Waals surface area contributed by atoms with Crippen LogP contribution >= 0.6 is 11.6 Å². The monoisotopic (exact) mass is 326 g/mol. The largest absolute Gasteiger partial charge is 0.481 e. The molecule has 0 unspecified atom stereocenters. The van der Waals surface area contributed by atoms with E-state index in [1.165, 1.54) is 17.0 Å². The fourth-order valence-corrected chi connectivity index (χ4v) is 3.84. The number of hydrogen-bond donors (Lipinski definition) is 2. The summed E-state index contributed by atoms with van der Waals surface area (Å²) < 4.78 is 13.3. The normalized spacial score (nSPS) is 26.8. The van der Waals surface area contributed by atoms with Gasteiger partial charge in [-0.15, -0.1) is 0 Å². The van der Waals surface area contributed by atoms with Crippen molar-refractivity contribution in [1.82, 2.24) is 4.90 Å². The highest BCUT2D eigenvalue weighted by molar-refractivity contribution is 6.30. The minimum atomic E-state index is -0.834. The molecule has 0 spiro atoms. The molecule has 1 saturated heterocycles. The Hall–Kier alpha value is -1.82. The third-order valence-corrected chi connectivity index (χ3v) is 4.92. The quantitative estimate of drug-likeness (QED) is 0.876. The van der Waals surface area contributed by atoms with Crippen LogP contribution in [0.15, 0.2) is 18.2 Å². The highest BCUT2D eigenvalue weighted by atomic mass is 35.5. The minimum Gasteiger partial charge on any atom is -0.481 e. The highest BCUT2D eigenvalue weighted by Gasteiger charge is 2.55. The average molecular weight is 327 g/mol. The van der Waals surface area contributed by atoms with E-state index in [4.69, 9.17) is 11.6 Å². The minimum absolute atomic E-state index is 0.00755. The van der Waals surface area contributed by atoms with E-state index in [-0.39, 0.29) is 23.2 Å². The van der Waals surface area contributed by atoms with Crippen LogP contribution in [0.25, 0.3) is 0 Å². The molecule has 1 aliphatic heterocycles. The van der Waals surface area contributed by atoms with Gasteiger partial charge in [-0.05, 0) is 37.0 Å². The second-order valence-electron chi connectivity index (χ2n) is 6.02. The molecule has 3 rings (SSSR count). The van der Waals surface area contributed by atoms with Crippen LogP contribution in [0.4, 0.5) is 14.9 Å². The van der Waals surface area contributed by atoms with E-state index in [2.05, 4.69) is 5.32 Å². The van der Waals surface area contributed by atoms with E-state index >= 15 is 0 Å². The predicted molar refractivity (Wildman–Crippen MR) is 79.4 cm³/mol. The molecule has 1 saturated carbocycles. The number of nitrogens with one attached hydrogen (secondary N) is 1. The number of carbonyl (C=O) groups excluding carboxylic acids is 1. The van der Waals surface area contributed by atoms with Crippen LogP contribution < -0.4 is 5.32 Å². The molecule has 7 heteroatoms. The number of anilines is 1. The Balaban J connectivity index is 1.73. The number of halogens is 2. The van der Waals surface area contributed by atoms with Crippen molar-refractivity contribution in [3.05, 3.63) is 29.0 Å². The number of likely N-dealkylation sites (tertiary alicyclic amines) is 1. The van der Waals surface area contributed by atoms with Crippen molar-refractivity contribution in [3.8, 4) is 0 Å². The number of amides is 2. The molecule has 2 N–H and O–H groups in total. The molecule has 0 aromatic heterocycles. The maximum Gasteiger partial charge on any atom is 0.321 e. The van der Waals surface area contributed by atoms with Gasteiger partial charge in [0.1, 0.15) is 5.82 Å². The molecule has 1 aromatic rings. The maximum atomic E-state index is 13.3. The number of aliphatic carboxylic acids is 1. The van der Waals surface area contributed by atoms with Crippen molar-refractivity contribution in [2.45, 2.75) is 19.3 Å². The van der Waals surface area contributed by atoms with Gasteiger partial charge in [-0.3, -0.25) is 4.79 Å². The Morgan fingerprint density at radius 3 is 2.82 bits per heavy atom. The molecule has 1 aromatic carbocycles. The summed E-state index contributed by atoms with van der Waals surface area (Å²) in [4.78, 5) is 25.4. The summed E-state index contributed by atoms with van der Waals surface area (Å²) in [6, 6.07) is 3.35. The topological polar surface area (TPSA) is 69.6 Å². The molecule has 2 amide bonds. The summed E-state index contributed by atoms with van der Waals surface area (Å²) >= 11 is 5.75. The van der Waals surface area contributed by atoms with Gasteiger partial charge >= 0.3 is 12.0 Å². The molecular weight excluding hydrogens is 311 g/mol. The van der Waals surface area contributed by atoms with E-state index in [0.717, 1.165) is 18.9 Å². The first-order valence-electron chi connectivity index (χ1n) is 7.16. The van der Waals surface area contributed by atoms with E-state index in [1.54, 1.807) is 0 Å². The van der Waals surface area contributed by atoms with Gasteiger partial charge in [-0.2, -0.15) is 0 Å². The number of rotatable bonds is 2. The highest BCUT2D eigenvalue weighted by Crippen LogP contribution is 2.48. The Morgan fingerprint density at radius 2 is 2.18 bits per heavy atom. The van der Waals surface area contributed by atoms with Crippen LogP contribution in [0, 0.1) is 17.2 Å². The Kier molecular flexibility index (Phi) is 3.72. The molecular formula is C15H16ClFN2O3. The fraction of sp³-hybridized carbons (Fsp3) is 0.467. The predicted octanol–water partition coefficient (Wildman–Crippen LogP) is 3.20. The van der Waals surface area contributed by atoms with E-state index in [1.807, 2.05) is 0 Å². The molecule has 5 nitrogen and oxygen atoms in total. The second-order valence-corrected chi connectivity index (χ2v) is 6.46. The smallest absolute Gasteiger partial charge is 0.321 e. The Labute approximate surface area is 132 Å². The molecule has 118 valence electrons. The third kappa shape index (κ3) is 2.52. The van der Waals surface area contributed by atoms with E-state index < -0.39 is 23.2 Å². The van der Waals surface area contributed by atoms with Crippen LogP contribution in [-0.2, 0) is 4.79 Å². The summed E-state index contributed by atoms with van der Waals surface area (Å²) in [6.45, 7) is 0.614. The van der Waals surface area contributed by atoms with Gasteiger partial charge in [0.25, 0.3) is 0 Å². The van der Waals surface area contributed by atoms with Crippen LogP contribution in [0.1, 0.15) is 19.3 Å². The number of carbonyl (C=O) groups is 2. The van der Waals surface area contributed by atoms with Crippen LogP contribution in [0.3, 0.4) is 0 Å². The molecule has 1 aliphatic carbocycles.